The van der Waals surface area contributed by atoms with Crippen LogP contribution in [0.1, 0.15) is 42.5 Å². The summed E-state index contributed by atoms with van der Waals surface area (Å²) in [6.45, 7) is 2.22. The van der Waals surface area contributed by atoms with Crippen molar-refractivity contribution < 1.29 is 9.47 Å². The molecular formula is C23H30Cl2N4O3. The van der Waals surface area contributed by atoms with E-state index in [0.717, 1.165) is 37.5 Å². The number of nitrogens with one attached hydrogen (secondary N) is 3. The Morgan fingerprint density at radius 2 is 2.00 bits per heavy atom. The van der Waals surface area contributed by atoms with E-state index in [0.29, 0.717) is 60.0 Å². The van der Waals surface area contributed by atoms with E-state index in [4.69, 9.17) is 38.1 Å². The second kappa shape index (κ2) is 14.8. The number of aromatic nitrogens is 2. The number of aromatic amines is 1. The maximum atomic E-state index is 12.5. The zero-order valence-electron chi connectivity index (χ0n) is 18.3. The summed E-state index contributed by atoms with van der Waals surface area (Å²) in [5, 5.41) is 11.7. The molecule has 32 heavy (non-hydrogen) atoms. The van der Waals surface area contributed by atoms with Gasteiger partial charge in [0.15, 0.2) is 0 Å². The van der Waals surface area contributed by atoms with Crippen molar-refractivity contribution in [3.63, 3.8) is 0 Å². The summed E-state index contributed by atoms with van der Waals surface area (Å²) in [5.41, 5.74) is 1.61. The Morgan fingerprint density at radius 1 is 1.16 bits per heavy atom. The molecule has 0 aliphatic rings. The fourth-order valence-electron chi connectivity index (χ4n) is 3.02. The summed E-state index contributed by atoms with van der Waals surface area (Å²) in [6, 6.07) is 5.31. The zero-order valence-corrected chi connectivity index (χ0v) is 19.8. The van der Waals surface area contributed by atoms with Crippen LogP contribution >= 0.6 is 23.2 Å². The normalized spacial score (nSPS) is 11.2. The van der Waals surface area contributed by atoms with Crippen molar-refractivity contribution in [3.8, 4) is 0 Å². The Bertz CT molecular complexity index is 947. The molecule has 9 heteroatoms. The van der Waals surface area contributed by atoms with Crippen molar-refractivity contribution in [2.24, 2.45) is 0 Å². The highest BCUT2D eigenvalue weighted by molar-refractivity contribution is 6.42. The quantitative estimate of drug-likeness (QED) is 0.189. The molecule has 0 spiro atoms. The van der Waals surface area contributed by atoms with E-state index in [2.05, 4.69) is 21.4 Å². The lowest BCUT2D eigenvalue weighted by Crippen LogP contribution is -2.20. The summed E-state index contributed by atoms with van der Waals surface area (Å²) in [4.78, 5) is 19.7. The third-order valence-electron chi connectivity index (χ3n) is 4.74. The van der Waals surface area contributed by atoms with Gasteiger partial charge >= 0.3 is 0 Å². The molecule has 2 aromatic rings. The summed E-state index contributed by atoms with van der Waals surface area (Å²) >= 11 is 12.0. The first-order valence-corrected chi connectivity index (χ1v) is 11.3. The van der Waals surface area contributed by atoms with Gasteiger partial charge in [-0.3, -0.25) is 9.78 Å². The lowest BCUT2D eigenvalue weighted by Gasteiger charge is -2.10. The van der Waals surface area contributed by atoms with Gasteiger partial charge < -0.3 is 20.2 Å². The van der Waals surface area contributed by atoms with Gasteiger partial charge in [0.2, 0.25) is 5.95 Å². The highest BCUT2D eigenvalue weighted by atomic mass is 35.5. The number of allylic oxidation sites excluding steroid dienone is 1. The molecule has 0 amide bonds. The van der Waals surface area contributed by atoms with Crippen molar-refractivity contribution in [1.29, 1.82) is 5.41 Å². The van der Waals surface area contributed by atoms with E-state index in [-0.39, 0.29) is 5.56 Å². The third-order valence-corrected chi connectivity index (χ3v) is 5.48. The largest absolute Gasteiger partial charge is 0.382 e. The summed E-state index contributed by atoms with van der Waals surface area (Å²) in [7, 11) is 1.65. The molecule has 3 N–H and O–H groups in total. The standard InChI is InChI=1S/C23H30Cl2N4O3/c1-31-12-13-32-11-7-5-3-2-4-6-8-18-21(15-26)28-23(29-22(18)30)27-16-17-9-10-19(24)20(25)14-17/h5,7,9-10,14-15,26H,2-4,6,8,11-13,16H2,1H3,(H2,27,28,29,30)/b7-5+,26-15?. The summed E-state index contributed by atoms with van der Waals surface area (Å²) in [6.07, 6.45) is 9.69. The van der Waals surface area contributed by atoms with Crippen molar-refractivity contribution in [3.05, 3.63) is 67.6 Å². The van der Waals surface area contributed by atoms with Crippen LogP contribution in [0.25, 0.3) is 0 Å². The van der Waals surface area contributed by atoms with Crippen LogP contribution < -0.4 is 10.9 Å². The van der Waals surface area contributed by atoms with E-state index >= 15 is 0 Å². The molecule has 0 saturated heterocycles. The van der Waals surface area contributed by atoms with Crippen molar-refractivity contribution in [2.75, 3.05) is 32.2 Å². The highest BCUT2D eigenvalue weighted by Crippen LogP contribution is 2.22. The van der Waals surface area contributed by atoms with Gasteiger partial charge in [0, 0.05) is 25.4 Å². The Balaban J connectivity index is 1.79. The predicted octanol–water partition coefficient (Wildman–Crippen LogP) is 5.01. The van der Waals surface area contributed by atoms with Crippen molar-refractivity contribution in [2.45, 2.75) is 38.6 Å². The Labute approximate surface area is 198 Å². The minimum atomic E-state index is -0.219. The Hall–Kier alpha value is -2.19. The van der Waals surface area contributed by atoms with Crippen LogP contribution in [0.3, 0.4) is 0 Å². The van der Waals surface area contributed by atoms with Gasteiger partial charge in [-0.2, -0.15) is 0 Å². The molecule has 174 valence electrons. The minimum absolute atomic E-state index is 0.219. The van der Waals surface area contributed by atoms with Crippen LogP contribution in [0, 0.1) is 5.41 Å². The highest BCUT2D eigenvalue weighted by Gasteiger charge is 2.10. The number of ether oxygens (including phenoxy) is 2. The second-order valence-electron chi connectivity index (χ2n) is 7.16. The van der Waals surface area contributed by atoms with Crippen LogP contribution in [-0.4, -0.2) is 43.1 Å². The molecule has 0 aliphatic heterocycles. The SMILES string of the molecule is COCCOC/C=C/CCCCCc1c(C=N)nc(NCc2ccc(Cl)c(Cl)c2)[nH]c1=O. The number of anilines is 1. The number of rotatable bonds is 15. The molecule has 0 radical (unpaired) electrons. The lowest BCUT2D eigenvalue weighted by molar-refractivity contribution is 0.0852. The number of hydrogen-bond acceptors (Lipinski definition) is 6. The first-order valence-electron chi connectivity index (χ1n) is 10.6. The average molecular weight is 481 g/mol. The number of methoxy groups -OCH3 is 1. The van der Waals surface area contributed by atoms with Crippen LogP contribution in [0.4, 0.5) is 5.95 Å². The van der Waals surface area contributed by atoms with Gasteiger partial charge in [-0.1, -0.05) is 47.8 Å². The van der Waals surface area contributed by atoms with E-state index in [9.17, 15) is 4.79 Å². The molecule has 0 unspecified atom stereocenters. The van der Waals surface area contributed by atoms with Crippen molar-refractivity contribution >= 4 is 35.4 Å². The molecule has 0 bridgehead atoms. The van der Waals surface area contributed by atoms with Gasteiger partial charge in [-0.05, 0) is 43.4 Å². The van der Waals surface area contributed by atoms with Gasteiger partial charge in [0.05, 0.1) is 35.6 Å². The van der Waals surface area contributed by atoms with Crippen LogP contribution in [-0.2, 0) is 22.4 Å². The third kappa shape index (κ3) is 9.12. The molecule has 0 aliphatic carbocycles. The number of H-pyrrole nitrogens is 1. The number of hydrogen-bond donors (Lipinski definition) is 3. The number of benzene rings is 1. The Kier molecular flexibility index (Phi) is 12.0. The lowest BCUT2D eigenvalue weighted by atomic mass is 10.1. The van der Waals surface area contributed by atoms with E-state index in [1.807, 2.05) is 12.1 Å². The van der Waals surface area contributed by atoms with E-state index < -0.39 is 0 Å². The van der Waals surface area contributed by atoms with Gasteiger partial charge in [0.25, 0.3) is 5.56 Å². The monoisotopic (exact) mass is 480 g/mol. The molecule has 7 nitrogen and oxygen atoms in total. The van der Waals surface area contributed by atoms with Crippen LogP contribution in [0.2, 0.25) is 10.0 Å². The molecule has 0 atom stereocenters. The zero-order chi connectivity index (χ0) is 23.2. The number of nitrogens with zero attached hydrogens (tertiary/aromatic N) is 1. The summed E-state index contributed by atoms with van der Waals surface area (Å²) < 4.78 is 10.3. The molecule has 1 aromatic carbocycles. The van der Waals surface area contributed by atoms with Crippen molar-refractivity contribution in [1.82, 2.24) is 9.97 Å². The molecule has 1 heterocycles. The minimum Gasteiger partial charge on any atom is -0.382 e. The van der Waals surface area contributed by atoms with E-state index in [1.54, 1.807) is 19.2 Å². The fraction of sp³-hybridized carbons (Fsp3) is 0.435. The van der Waals surface area contributed by atoms with Gasteiger partial charge in [-0.25, -0.2) is 4.98 Å². The summed E-state index contributed by atoms with van der Waals surface area (Å²) in [5.74, 6) is 0.321. The van der Waals surface area contributed by atoms with Crippen LogP contribution in [0.15, 0.2) is 35.1 Å². The second-order valence-corrected chi connectivity index (χ2v) is 7.98. The van der Waals surface area contributed by atoms with Gasteiger partial charge in [0.1, 0.15) is 0 Å². The number of unbranched alkanes of at least 4 members (excludes halogenated alkanes) is 3. The maximum absolute atomic E-state index is 12.5. The fourth-order valence-corrected chi connectivity index (χ4v) is 3.34. The molecule has 2 rings (SSSR count). The molecule has 0 fully saturated rings. The first-order chi connectivity index (χ1) is 15.5. The molecule has 0 saturated carbocycles. The topological polar surface area (TPSA) is 100 Å². The Morgan fingerprint density at radius 3 is 2.75 bits per heavy atom. The molecule has 1 aromatic heterocycles. The van der Waals surface area contributed by atoms with Crippen LogP contribution in [0.5, 0.6) is 0 Å². The van der Waals surface area contributed by atoms with E-state index in [1.165, 1.54) is 0 Å². The smallest absolute Gasteiger partial charge is 0.256 e. The average Bonchev–Trinajstić information content (AvgIpc) is 2.79. The number of halogens is 2. The maximum Gasteiger partial charge on any atom is 0.256 e. The predicted molar refractivity (Wildman–Crippen MR) is 131 cm³/mol. The molecular weight excluding hydrogens is 451 g/mol. The first kappa shape index (κ1) is 26.1. The van der Waals surface area contributed by atoms with Gasteiger partial charge in [-0.15, -0.1) is 0 Å².